The molecule has 1 saturated heterocycles. The summed E-state index contributed by atoms with van der Waals surface area (Å²) in [5.74, 6) is 0. The number of nitrogens with zero attached hydrogens (tertiary/aromatic N) is 3. The summed E-state index contributed by atoms with van der Waals surface area (Å²) in [7, 11) is 0. The molecule has 6 heteroatoms. The Bertz CT molecular complexity index is 294. The fraction of sp³-hybridized carbons (Fsp3) is 0.625. The van der Waals surface area contributed by atoms with Gasteiger partial charge in [0.1, 0.15) is 0 Å². The van der Waals surface area contributed by atoms with Crippen LogP contribution in [-0.2, 0) is 6.54 Å². The maximum absolute atomic E-state index is 11.5. The molecule has 0 bridgehead atoms. The fourth-order valence-corrected chi connectivity index (χ4v) is 1.91. The molecule has 14 heavy (non-hydrogen) atoms. The van der Waals surface area contributed by atoms with Gasteiger partial charge in [0.2, 0.25) is 0 Å². The maximum Gasteiger partial charge on any atom is 0.317 e. The van der Waals surface area contributed by atoms with Crippen molar-refractivity contribution in [1.29, 1.82) is 0 Å². The van der Waals surface area contributed by atoms with Crippen LogP contribution in [0.2, 0.25) is 0 Å². The molecule has 0 atom stereocenters. The third kappa shape index (κ3) is 2.20. The molecular formula is C8H12N4OS. The Balaban J connectivity index is 1.77. The van der Waals surface area contributed by atoms with Crippen LogP contribution in [-0.4, -0.2) is 33.6 Å². The second-order valence-electron chi connectivity index (χ2n) is 3.25. The van der Waals surface area contributed by atoms with E-state index in [0.717, 1.165) is 31.6 Å². The highest BCUT2D eigenvalue weighted by atomic mass is 32.1. The molecule has 76 valence electrons. The van der Waals surface area contributed by atoms with Gasteiger partial charge in [-0.2, -0.15) is 0 Å². The Labute approximate surface area is 86.3 Å². The van der Waals surface area contributed by atoms with Gasteiger partial charge in [0.25, 0.3) is 0 Å². The van der Waals surface area contributed by atoms with E-state index in [0.29, 0.717) is 6.54 Å². The van der Waals surface area contributed by atoms with Crippen molar-refractivity contribution in [1.82, 2.24) is 19.8 Å². The van der Waals surface area contributed by atoms with Crippen molar-refractivity contribution < 1.29 is 4.79 Å². The van der Waals surface area contributed by atoms with Crippen molar-refractivity contribution in [3.05, 3.63) is 11.1 Å². The van der Waals surface area contributed by atoms with Crippen molar-refractivity contribution in [2.24, 2.45) is 0 Å². The number of hydrogen-bond donors (Lipinski definition) is 1. The first-order chi connectivity index (χ1) is 6.86. The first-order valence-corrected chi connectivity index (χ1v) is 5.48. The maximum atomic E-state index is 11.5. The predicted octanol–water partition coefficient (Wildman–Crippen LogP) is 0.844. The molecule has 0 aromatic carbocycles. The Kier molecular flexibility index (Phi) is 2.93. The third-order valence-electron chi connectivity index (χ3n) is 2.22. The van der Waals surface area contributed by atoms with Crippen LogP contribution in [0.3, 0.4) is 0 Å². The lowest BCUT2D eigenvalue weighted by molar-refractivity contribution is 0.208. The molecule has 0 aliphatic carbocycles. The number of urea groups is 1. The Morgan fingerprint density at radius 2 is 2.36 bits per heavy atom. The summed E-state index contributed by atoms with van der Waals surface area (Å²) in [6.07, 6.45) is 2.23. The second-order valence-corrected chi connectivity index (χ2v) is 3.86. The quantitative estimate of drug-likeness (QED) is 0.790. The van der Waals surface area contributed by atoms with Crippen molar-refractivity contribution in [3.8, 4) is 0 Å². The standard InChI is InChI=1S/C8H12N4OS/c13-8(12-3-1-2-4-12)9-5-7-6-14-11-10-7/h6H,1-5H2,(H,9,13). The number of carbonyl (C=O) groups is 1. The van der Waals surface area contributed by atoms with E-state index >= 15 is 0 Å². The third-order valence-corrected chi connectivity index (χ3v) is 2.77. The highest BCUT2D eigenvalue weighted by Gasteiger charge is 2.17. The van der Waals surface area contributed by atoms with Gasteiger partial charge in [-0.3, -0.25) is 0 Å². The van der Waals surface area contributed by atoms with Gasteiger partial charge in [0.05, 0.1) is 12.2 Å². The van der Waals surface area contributed by atoms with Gasteiger partial charge >= 0.3 is 6.03 Å². The summed E-state index contributed by atoms with van der Waals surface area (Å²) >= 11 is 1.30. The average Bonchev–Trinajstić information content (AvgIpc) is 2.87. The molecule has 2 heterocycles. The van der Waals surface area contributed by atoms with Gasteiger partial charge in [-0.05, 0) is 24.4 Å². The summed E-state index contributed by atoms with van der Waals surface area (Å²) in [4.78, 5) is 13.3. The molecule has 5 nitrogen and oxygen atoms in total. The number of rotatable bonds is 2. The molecule has 1 aliphatic rings. The molecule has 1 aromatic heterocycles. The molecule has 2 amide bonds. The van der Waals surface area contributed by atoms with Gasteiger partial charge in [0, 0.05) is 18.5 Å². The fourth-order valence-electron chi connectivity index (χ4n) is 1.46. The zero-order valence-electron chi connectivity index (χ0n) is 7.77. The van der Waals surface area contributed by atoms with Crippen LogP contribution in [0.15, 0.2) is 5.38 Å². The van der Waals surface area contributed by atoms with Gasteiger partial charge in [-0.15, -0.1) is 5.10 Å². The van der Waals surface area contributed by atoms with E-state index in [2.05, 4.69) is 14.9 Å². The molecule has 1 aliphatic heterocycles. The molecule has 2 rings (SSSR count). The Morgan fingerprint density at radius 1 is 1.57 bits per heavy atom. The second kappa shape index (κ2) is 4.36. The van der Waals surface area contributed by atoms with Crippen LogP contribution < -0.4 is 5.32 Å². The summed E-state index contributed by atoms with van der Waals surface area (Å²) in [5, 5.41) is 8.51. The van der Waals surface area contributed by atoms with Crippen molar-refractivity contribution in [3.63, 3.8) is 0 Å². The van der Waals surface area contributed by atoms with E-state index in [-0.39, 0.29) is 6.03 Å². The summed E-state index contributed by atoms with van der Waals surface area (Å²) < 4.78 is 3.72. The average molecular weight is 212 g/mol. The molecule has 0 saturated carbocycles. The molecule has 0 spiro atoms. The van der Waals surface area contributed by atoms with Crippen LogP contribution in [0.4, 0.5) is 4.79 Å². The lowest BCUT2D eigenvalue weighted by Gasteiger charge is -2.15. The van der Waals surface area contributed by atoms with E-state index in [4.69, 9.17) is 0 Å². The summed E-state index contributed by atoms with van der Waals surface area (Å²) in [6, 6.07) is 0.00972. The normalized spacial score (nSPS) is 15.9. The van der Waals surface area contributed by atoms with Crippen LogP contribution in [0.25, 0.3) is 0 Å². The minimum atomic E-state index is 0.00972. The largest absolute Gasteiger partial charge is 0.332 e. The van der Waals surface area contributed by atoms with E-state index < -0.39 is 0 Å². The topological polar surface area (TPSA) is 58.1 Å². The Morgan fingerprint density at radius 3 is 3.00 bits per heavy atom. The summed E-state index contributed by atoms with van der Waals surface area (Å²) in [5.41, 5.74) is 0.822. The molecule has 1 fully saturated rings. The molecule has 0 unspecified atom stereocenters. The number of amides is 2. The number of carbonyl (C=O) groups excluding carboxylic acids is 1. The van der Waals surface area contributed by atoms with Crippen LogP contribution in [0.5, 0.6) is 0 Å². The minimum absolute atomic E-state index is 0.00972. The zero-order valence-corrected chi connectivity index (χ0v) is 8.59. The van der Waals surface area contributed by atoms with E-state index in [1.54, 1.807) is 0 Å². The smallest absolute Gasteiger partial charge is 0.317 e. The summed E-state index contributed by atoms with van der Waals surface area (Å²) in [6.45, 7) is 2.23. The molecule has 1 N–H and O–H groups in total. The van der Waals surface area contributed by atoms with Crippen LogP contribution in [0, 0.1) is 0 Å². The van der Waals surface area contributed by atoms with Gasteiger partial charge in [-0.25, -0.2) is 4.79 Å². The van der Waals surface area contributed by atoms with E-state index in [1.165, 1.54) is 11.5 Å². The predicted molar refractivity (Wildman–Crippen MR) is 53.0 cm³/mol. The van der Waals surface area contributed by atoms with Crippen molar-refractivity contribution >= 4 is 17.6 Å². The number of likely N-dealkylation sites (tertiary alicyclic amines) is 1. The highest BCUT2D eigenvalue weighted by molar-refractivity contribution is 7.03. The molecule has 0 radical (unpaired) electrons. The lowest BCUT2D eigenvalue weighted by atomic mass is 10.4. The number of nitrogens with one attached hydrogen (secondary N) is 1. The first kappa shape index (κ1) is 9.39. The van der Waals surface area contributed by atoms with Gasteiger partial charge in [0.15, 0.2) is 0 Å². The van der Waals surface area contributed by atoms with Crippen LogP contribution in [0.1, 0.15) is 18.5 Å². The minimum Gasteiger partial charge on any atom is -0.332 e. The Hall–Kier alpha value is -1.17. The highest BCUT2D eigenvalue weighted by Crippen LogP contribution is 2.07. The van der Waals surface area contributed by atoms with E-state index in [1.807, 2.05) is 10.3 Å². The van der Waals surface area contributed by atoms with Crippen molar-refractivity contribution in [2.45, 2.75) is 19.4 Å². The number of hydrogen-bond acceptors (Lipinski definition) is 4. The molecular weight excluding hydrogens is 200 g/mol. The SMILES string of the molecule is O=C(NCc1csnn1)N1CCCC1. The molecule has 1 aromatic rings. The zero-order chi connectivity index (χ0) is 9.80. The van der Waals surface area contributed by atoms with Gasteiger partial charge in [-0.1, -0.05) is 4.49 Å². The van der Waals surface area contributed by atoms with E-state index in [9.17, 15) is 4.79 Å². The monoisotopic (exact) mass is 212 g/mol. The van der Waals surface area contributed by atoms with Crippen molar-refractivity contribution in [2.75, 3.05) is 13.1 Å². The van der Waals surface area contributed by atoms with Gasteiger partial charge < -0.3 is 10.2 Å². The lowest BCUT2D eigenvalue weighted by Crippen LogP contribution is -2.37. The first-order valence-electron chi connectivity index (χ1n) is 4.65. The number of aromatic nitrogens is 2. The van der Waals surface area contributed by atoms with Crippen LogP contribution >= 0.6 is 11.5 Å².